The number of amides is 2. The molecule has 2 amide bonds. The van der Waals surface area contributed by atoms with Gasteiger partial charge in [0.2, 0.25) is 5.91 Å². The van der Waals surface area contributed by atoms with Crippen LogP contribution in [0.4, 0.5) is 13.2 Å². The minimum absolute atomic E-state index is 0.0367. The highest BCUT2D eigenvalue weighted by molar-refractivity contribution is 5.94. The lowest BCUT2D eigenvalue weighted by molar-refractivity contribution is -0.137. The number of alkyl halides is 3. The first-order valence-electron chi connectivity index (χ1n) is 13.3. The first-order valence-corrected chi connectivity index (χ1v) is 13.3. The molecule has 6 nitrogen and oxygen atoms in total. The molecule has 2 atom stereocenters. The Hall–Kier alpha value is -4.01. The van der Waals surface area contributed by atoms with Crippen LogP contribution in [0.1, 0.15) is 33.5 Å². The second-order valence-corrected chi connectivity index (χ2v) is 10.4. The summed E-state index contributed by atoms with van der Waals surface area (Å²) in [7, 11) is 1.59. The van der Waals surface area contributed by atoms with Crippen LogP contribution >= 0.6 is 0 Å². The molecule has 9 heteroatoms. The van der Waals surface area contributed by atoms with Crippen molar-refractivity contribution >= 4 is 11.8 Å². The molecule has 0 aliphatic carbocycles. The van der Waals surface area contributed by atoms with E-state index in [1.54, 1.807) is 12.0 Å². The van der Waals surface area contributed by atoms with Crippen LogP contribution in [0.25, 0.3) is 0 Å². The summed E-state index contributed by atoms with van der Waals surface area (Å²) in [6.45, 7) is 2.39. The van der Waals surface area contributed by atoms with E-state index in [2.05, 4.69) is 0 Å². The van der Waals surface area contributed by atoms with E-state index in [-0.39, 0.29) is 23.3 Å². The SMILES string of the molecule is COc1cc(CCC(=O)N2C[C@@H]3CN(C(=O)c4cccc(C(F)(F)F)c4)C[C@@H]3C2)ccc1OCc1ccccc1. The van der Waals surface area contributed by atoms with Crippen molar-refractivity contribution in [2.75, 3.05) is 33.3 Å². The van der Waals surface area contributed by atoms with Gasteiger partial charge in [-0.1, -0.05) is 42.5 Å². The monoisotopic (exact) mass is 552 g/mol. The van der Waals surface area contributed by atoms with Crippen molar-refractivity contribution in [1.82, 2.24) is 9.80 Å². The molecule has 0 saturated carbocycles. The predicted molar refractivity (Wildman–Crippen MR) is 143 cm³/mol. The predicted octanol–water partition coefficient (Wildman–Crippen LogP) is 5.46. The molecule has 210 valence electrons. The molecule has 5 rings (SSSR count). The molecule has 0 aromatic heterocycles. The van der Waals surface area contributed by atoms with Gasteiger partial charge in [0.15, 0.2) is 11.5 Å². The van der Waals surface area contributed by atoms with E-state index >= 15 is 0 Å². The Kier molecular flexibility index (Phi) is 8.00. The van der Waals surface area contributed by atoms with Crippen molar-refractivity contribution < 1.29 is 32.2 Å². The highest BCUT2D eigenvalue weighted by Gasteiger charge is 2.43. The summed E-state index contributed by atoms with van der Waals surface area (Å²) in [5.74, 6) is 1.15. The molecule has 0 spiro atoms. The van der Waals surface area contributed by atoms with Gasteiger partial charge in [-0.15, -0.1) is 0 Å². The summed E-state index contributed by atoms with van der Waals surface area (Å²) in [4.78, 5) is 29.3. The summed E-state index contributed by atoms with van der Waals surface area (Å²) >= 11 is 0. The molecule has 3 aromatic rings. The number of fused-ring (bicyclic) bond motifs is 1. The van der Waals surface area contributed by atoms with Crippen LogP contribution in [0.2, 0.25) is 0 Å². The van der Waals surface area contributed by atoms with Crippen molar-refractivity contribution in [2.45, 2.75) is 25.6 Å². The maximum absolute atomic E-state index is 13.1. The molecule has 0 unspecified atom stereocenters. The van der Waals surface area contributed by atoms with E-state index in [1.807, 2.05) is 53.4 Å². The molecule has 2 aliphatic rings. The smallest absolute Gasteiger partial charge is 0.416 e. The zero-order chi connectivity index (χ0) is 28.3. The lowest BCUT2D eigenvalue weighted by Gasteiger charge is -2.22. The lowest BCUT2D eigenvalue weighted by atomic mass is 10.0. The first kappa shape index (κ1) is 27.6. The highest BCUT2D eigenvalue weighted by atomic mass is 19.4. The average Bonchev–Trinajstić information content (AvgIpc) is 3.55. The van der Waals surface area contributed by atoms with Gasteiger partial charge in [0.1, 0.15) is 6.61 Å². The van der Waals surface area contributed by atoms with Crippen LogP contribution in [0.15, 0.2) is 72.8 Å². The minimum atomic E-state index is -4.50. The third-order valence-corrected chi connectivity index (χ3v) is 7.66. The van der Waals surface area contributed by atoms with Gasteiger partial charge in [0, 0.05) is 50.0 Å². The number of hydrogen-bond acceptors (Lipinski definition) is 4. The number of nitrogens with zero attached hydrogens (tertiary/aromatic N) is 2. The molecule has 40 heavy (non-hydrogen) atoms. The van der Waals surface area contributed by atoms with Gasteiger partial charge in [0.05, 0.1) is 12.7 Å². The van der Waals surface area contributed by atoms with Crippen LogP contribution in [0, 0.1) is 11.8 Å². The van der Waals surface area contributed by atoms with Gasteiger partial charge in [-0.05, 0) is 47.9 Å². The van der Waals surface area contributed by atoms with Crippen molar-refractivity contribution in [1.29, 1.82) is 0 Å². The van der Waals surface area contributed by atoms with Crippen molar-refractivity contribution in [3.63, 3.8) is 0 Å². The molecule has 2 aliphatic heterocycles. The summed E-state index contributed by atoms with van der Waals surface area (Å²) in [5.41, 5.74) is 1.23. The number of hydrogen-bond donors (Lipinski definition) is 0. The molecule has 0 N–H and O–H groups in total. The molecule has 0 radical (unpaired) electrons. The number of halogens is 3. The first-order chi connectivity index (χ1) is 19.2. The van der Waals surface area contributed by atoms with E-state index < -0.39 is 17.6 Å². The van der Waals surface area contributed by atoms with Crippen molar-refractivity contribution in [3.8, 4) is 11.5 Å². The lowest BCUT2D eigenvalue weighted by Crippen LogP contribution is -2.35. The number of methoxy groups -OCH3 is 1. The Balaban J connectivity index is 1.11. The van der Waals surface area contributed by atoms with Crippen LogP contribution in [0.3, 0.4) is 0 Å². The quantitative estimate of drug-likeness (QED) is 0.373. The zero-order valence-electron chi connectivity index (χ0n) is 22.2. The van der Waals surface area contributed by atoms with E-state index in [0.29, 0.717) is 57.1 Å². The third-order valence-electron chi connectivity index (χ3n) is 7.66. The number of carbonyl (C=O) groups is 2. The molecule has 3 aromatic carbocycles. The van der Waals surface area contributed by atoms with E-state index in [4.69, 9.17) is 9.47 Å². The Morgan fingerprint density at radius 2 is 1.52 bits per heavy atom. The standard InChI is InChI=1S/C31H31F3N2O4/c1-39-28-14-21(10-12-27(28)40-20-22-6-3-2-4-7-22)11-13-29(37)35-16-24-18-36(19-25(24)17-35)30(38)23-8-5-9-26(15-23)31(32,33)34/h2-10,12,14-15,24-25H,11,13,16-20H2,1H3/t24-,25+. The summed E-state index contributed by atoms with van der Waals surface area (Å²) < 4.78 is 50.6. The normalized spacial score (nSPS) is 18.5. The number of likely N-dealkylation sites (tertiary alicyclic amines) is 2. The maximum Gasteiger partial charge on any atom is 0.416 e. The van der Waals surface area contributed by atoms with Gasteiger partial charge < -0.3 is 19.3 Å². The van der Waals surface area contributed by atoms with Crippen molar-refractivity contribution in [2.24, 2.45) is 11.8 Å². The number of aryl methyl sites for hydroxylation is 1. The largest absolute Gasteiger partial charge is 0.493 e. The Labute approximate surface area is 231 Å². The maximum atomic E-state index is 13.1. The number of ether oxygens (including phenoxy) is 2. The van der Waals surface area contributed by atoms with E-state index in [9.17, 15) is 22.8 Å². The zero-order valence-corrected chi connectivity index (χ0v) is 22.2. The molecule has 2 saturated heterocycles. The fourth-order valence-corrected chi connectivity index (χ4v) is 5.51. The minimum Gasteiger partial charge on any atom is -0.493 e. The van der Waals surface area contributed by atoms with Gasteiger partial charge in [-0.2, -0.15) is 13.2 Å². The van der Waals surface area contributed by atoms with Crippen molar-refractivity contribution in [3.05, 3.63) is 95.1 Å². The molecule has 2 heterocycles. The van der Waals surface area contributed by atoms with Gasteiger partial charge >= 0.3 is 6.18 Å². The Bertz CT molecular complexity index is 1350. The van der Waals surface area contributed by atoms with Crippen LogP contribution < -0.4 is 9.47 Å². The van der Waals surface area contributed by atoms with E-state index in [0.717, 1.165) is 23.3 Å². The third kappa shape index (κ3) is 6.24. The summed E-state index contributed by atoms with van der Waals surface area (Å²) in [6, 6.07) is 20.1. The van der Waals surface area contributed by atoms with Crippen LogP contribution in [-0.4, -0.2) is 54.9 Å². The number of carbonyl (C=O) groups excluding carboxylic acids is 2. The van der Waals surface area contributed by atoms with Crippen LogP contribution in [-0.2, 0) is 24.0 Å². The van der Waals surface area contributed by atoms with Gasteiger partial charge in [-0.3, -0.25) is 9.59 Å². The Morgan fingerprint density at radius 1 is 0.825 bits per heavy atom. The van der Waals surface area contributed by atoms with Gasteiger partial charge in [-0.25, -0.2) is 0 Å². The number of rotatable bonds is 8. The fourth-order valence-electron chi connectivity index (χ4n) is 5.51. The Morgan fingerprint density at radius 3 is 2.20 bits per heavy atom. The molecule has 0 bridgehead atoms. The van der Waals surface area contributed by atoms with Crippen LogP contribution in [0.5, 0.6) is 11.5 Å². The highest BCUT2D eigenvalue weighted by Crippen LogP contribution is 2.34. The number of benzene rings is 3. The molecule has 2 fully saturated rings. The topological polar surface area (TPSA) is 59.1 Å². The fraction of sp³-hybridized carbons (Fsp3) is 0.355. The summed E-state index contributed by atoms with van der Waals surface area (Å²) in [6.07, 6.45) is -3.60. The van der Waals surface area contributed by atoms with Gasteiger partial charge in [0.25, 0.3) is 5.91 Å². The second kappa shape index (κ2) is 11.6. The van der Waals surface area contributed by atoms with E-state index in [1.165, 1.54) is 12.1 Å². The average molecular weight is 553 g/mol. The second-order valence-electron chi connectivity index (χ2n) is 10.4. The summed E-state index contributed by atoms with van der Waals surface area (Å²) in [5, 5.41) is 0. The molecular weight excluding hydrogens is 521 g/mol. The molecular formula is C31H31F3N2O4.